The Kier molecular flexibility index (Phi) is 4.66. The number of rotatable bonds is 5. The Morgan fingerprint density at radius 1 is 1.12 bits per heavy atom. The summed E-state index contributed by atoms with van der Waals surface area (Å²) in [6.45, 7) is -0.558. The number of aliphatic carboxylic acids is 1. The van der Waals surface area contributed by atoms with Crippen LogP contribution in [0.15, 0.2) is 42.6 Å². The van der Waals surface area contributed by atoms with Gasteiger partial charge in [0.1, 0.15) is 23.4 Å². The number of carboxylic acids is 1. The van der Waals surface area contributed by atoms with Gasteiger partial charge in [-0.25, -0.2) is 4.98 Å². The molecular formula is C18H16N4O4. The summed E-state index contributed by atoms with van der Waals surface area (Å²) in [6, 6.07) is 10.5. The van der Waals surface area contributed by atoms with Gasteiger partial charge in [-0.3, -0.25) is 14.6 Å². The smallest absolute Gasteiger partial charge is 0.322 e. The molecule has 1 amide bonds. The summed E-state index contributed by atoms with van der Waals surface area (Å²) >= 11 is 0. The fourth-order valence-corrected chi connectivity index (χ4v) is 2.49. The van der Waals surface area contributed by atoms with E-state index in [-0.39, 0.29) is 16.8 Å². The van der Waals surface area contributed by atoms with E-state index in [0.717, 1.165) is 11.3 Å². The van der Waals surface area contributed by atoms with Crippen LogP contribution in [-0.2, 0) is 4.79 Å². The number of carboxylic acid groups (broad SMARTS) is 1. The Balaban J connectivity index is 2.01. The molecule has 132 valence electrons. The molecule has 0 fully saturated rings. The number of aromatic nitrogens is 2. The molecule has 0 radical (unpaired) electrons. The van der Waals surface area contributed by atoms with Crippen LogP contribution in [0.5, 0.6) is 5.75 Å². The molecule has 8 nitrogen and oxygen atoms in total. The van der Waals surface area contributed by atoms with Gasteiger partial charge in [-0.05, 0) is 24.3 Å². The van der Waals surface area contributed by atoms with Crippen LogP contribution in [0.2, 0.25) is 0 Å². The number of nitrogens with one attached hydrogen (secondary N) is 2. The third-order valence-electron chi connectivity index (χ3n) is 3.79. The van der Waals surface area contributed by atoms with Crippen LogP contribution in [0.25, 0.3) is 22.3 Å². The van der Waals surface area contributed by atoms with E-state index in [9.17, 15) is 14.7 Å². The van der Waals surface area contributed by atoms with E-state index < -0.39 is 18.4 Å². The third-order valence-corrected chi connectivity index (χ3v) is 3.79. The zero-order chi connectivity index (χ0) is 18.7. The summed E-state index contributed by atoms with van der Waals surface area (Å²) in [5, 5.41) is 23.9. The summed E-state index contributed by atoms with van der Waals surface area (Å²) in [5.41, 5.74) is 2.94. The predicted molar refractivity (Wildman–Crippen MR) is 96.2 cm³/mol. The van der Waals surface area contributed by atoms with E-state index in [1.54, 1.807) is 6.07 Å². The van der Waals surface area contributed by atoms with Gasteiger partial charge in [0.2, 0.25) is 0 Å². The minimum atomic E-state index is -1.18. The van der Waals surface area contributed by atoms with Gasteiger partial charge in [-0.1, -0.05) is 12.1 Å². The van der Waals surface area contributed by atoms with Crippen molar-refractivity contribution in [3.8, 4) is 17.0 Å². The molecule has 0 saturated heterocycles. The molecule has 0 saturated carbocycles. The lowest BCUT2D eigenvalue weighted by Gasteiger charge is -2.09. The molecule has 0 aliphatic carbocycles. The van der Waals surface area contributed by atoms with E-state index in [2.05, 4.69) is 20.6 Å². The standard InChI is InChI=1S/C18H16N4O4/c1-19-11-4-2-10(3-5-11)13-8-20-17-12(22-13)6-7-14(23)16(17)18(26)21-9-15(24)25/h2-8,19,23H,9H2,1H3,(H,21,26)(H,24,25). The maximum Gasteiger partial charge on any atom is 0.322 e. The third kappa shape index (κ3) is 3.39. The van der Waals surface area contributed by atoms with E-state index in [0.29, 0.717) is 11.2 Å². The van der Waals surface area contributed by atoms with E-state index in [4.69, 9.17) is 5.11 Å². The fourth-order valence-electron chi connectivity index (χ4n) is 2.49. The number of carbonyl (C=O) groups excluding carboxylic acids is 1. The van der Waals surface area contributed by atoms with Crippen molar-refractivity contribution in [1.82, 2.24) is 15.3 Å². The molecule has 3 aromatic rings. The number of phenolic OH excluding ortho intramolecular Hbond substituents is 1. The Bertz CT molecular complexity index is 986. The van der Waals surface area contributed by atoms with Gasteiger partial charge in [-0.15, -0.1) is 0 Å². The Morgan fingerprint density at radius 3 is 2.50 bits per heavy atom. The molecule has 1 aromatic heterocycles. The number of aromatic hydroxyl groups is 1. The van der Waals surface area contributed by atoms with Crippen LogP contribution in [0.1, 0.15) is 10.4 Å². The highest BCUT2D eigenvalue weighted by Crippen LogP contribution is 2.27. The molecular weight excluding hydrogens is 336 g/mol. The molecule has 26 heavy (non-hydrogen) atoms. The fraction of sp³-hybridized carbons (Fsp3) is 0.111. The van der Waals surface area contributed by atoms with E-state index >= 15 is 0 Å². The molecule has 8 heteroatoms. The highest BCUT2D eigenvalue weighted by Gasteiger charge is 2.18. The molecule has 0 atom stereocenters. The zero-order valence-corrected chi connectivity index (χ0v) is 13.9. The van der Waals surface area contributed by atoms with Crippen molar-refractivity contribution in [2.24, 2.45) is 0 Å². The zero-order valence-electron chi connectivity index (χ0n) is 13.9. The second-order valence-electron chi connectivity index (χ2n) is 5.49. The van der Waals surface area contributed by atoms with Crippen LogP contribution in [0, 0.1) is 0 Å². The number of anilines is 1. The van der Waals surface area contributed by atoms with Crippen LogP contribution >= 0.6 is 0 Å². The summed E-state index contributed by atoms with van der Waals surface area (Å²) in [6.07, 6.45) is 1.50. The SMILES string of the molecule is CNc1ccc(-c2cnc3c(C(=O)NCC(=O)O)c(O)ccc3n2)cc1. The van der Waals surface area contributed by atoms with Gasteiger partial charge in [-0.2, -0.15) is 0 Å². The van der Waals surface area contributed by atoms with E-state index in [1.165, 1.54) is 12.3 Å². The first kappa shape index (κ1) is 17.2. The summed E-state index contributed by atoms with van der Waals surface area (Å²) in [4.78, 5) is 31.6. The van der Waals surface area contributed by atoms with Crippen molar-refractivity contribution in [3.05, 3.63) is 48.2 Å². The van der Waals surface area contributed by atoms with Crippen molar-refractivity contribution in [2.75, 3.05) is 18.9 Å². The molecule has 4 N–H and O–H groups in total. The average Bonchev–Trinajstić information content (AvgIpc) is 2.65. The first-order valence-electron chi connectivity index (χ1n) is 7.76. The number of hydrogen-bond acceptors (Lipinski definition) is 6. The number of benzene rings is 2. The number of fused-ring (bicyclic) bond motifs is 1. The summed E-state index contributed by atoms with van der Waals surface area (Å²) < 4.78 is 0. The first-order chi connectivity index (χ1) is 12.5. The first-order valence-corrected chi connectivity index (χ1v) is 7.76. The molecule has 0 bridgehead atoms. The lowest BCUT2D eigenvalue weighted by atomic mass is 10.1. The molecule has 0 spiro atoms. The van der Waals surface area contributed by atoms with Crippen molar-refractivity contribution >= 4 is 28.6 Å². The number of nitrogens with zero attached hydrogens (tertiary/aromatic N) is 2. The van der Waals surface area contributed by atoms with Gasteiger partial charge in [0.25, 0.3) is 5.91 Å². The maximum absolute atomic E-state index is 12.2. The maximum atomic E-state index is 12.2. The minimum Gasteiger partial charge on any atom is -0.507 e. The quantitative estimate of drug-likeness (QED) is 0.552. The van der Waals surface area contributed by atoms with Crippen LogP contribution in [0.3, 0.4) is 0 Å². The van der Waals surface area contributed by atoms with Gasteiger partial charge in [0.05, 0.1) is 17.4 Å². The number of amides is 1. The molecule has 0 unspecified atom stereocenters. The Labute approximate surface area is 148 Å². The average molecular weight is 352 g/mol. The normalized spacial score (nSPS) is 10.5. The van der Waals surface area contributed by atoms with Crippen LogP contribution in [0.4, 0.5) is 5.69 Å². The van der Waals surface area contributed by atoms with Gasteiger partial charge in [0.15, 0.2) is 0 Å². The second-order valence-corrected chi connectivity index (χ2v) is 5.49. The Morgan fingerprint density at radius 2 is 1.85 bits per heavy atom. The number of phenols is 1. The highest BCUT2D eigenvalue weighted by atomic mass is 16.4. The molecule has 0 aliphatic heterocycles. The minimum absolute atomic E-state index is 0.103. The van der Waals surface area contributed by atoms with Crippen molar-refractivity contribution in [1.29, 1.82) is 0 Å². The number of carbonyl (C=O) groups is 2. The van der Waals surface area contributed by atoms with Gasteiger partial charge in [0, 0.05) is 18.3 Å². The number of hydrogen-bond donors (Lipinski definition) is 4. The summed E-state index contributed by atoms with van der Waals surface area (Å²) in [5.74, 6) is -2.20. The molecule has 1 heterocycles. The van der Waals surface area contributed by atoms with Crippen LogP contribution < -0.4 is 10.6 Å². The second kappa shape index (κ2) is 7.06. The van der Waals surface area contributed by atoms with Gasteiger partial charge < -0.3 is 20.8 Å². The molecule has 0 aliphatic rings. The lowest BCUT2D eigenvalue weighted by molar-refractivity contribution is -0.135. The molecule has 3 rings (SSSR count). The monoisotopic (exact) mass is 352 g/mol. The topological polar surface area (TPSA) is 124 Å². The van der Waals surface area contributed by atoms with Gasteiger partial charge >= 0.3 is 5.97 Å². The Hall–Kier alpha value is -3.68. The van der Waals surface area contributed by atoms with E-state index in [1.807, 2.05) is 31.3 Å². The van der Waals surface area contributed by atoms with Crippen molar-refractivity contribution in [2.45, 2.75) is 0 Å². The van der Waals surface area contributed by atoms with Crippen molar-refractivity contribution in [3.63, 3.8) is 0 Å². The summed E-state index contributed by atoms with van der Waals surface area (Å²) in [7, 11) is 1.83. The van der Waals surface area contributed by atoms with Crippen LogP contribution in [-0.4, -0.2) is 45.6 Å². The lowest BCUT2D eigenvalue weighted by Crippen LogP contribution is -2.29. The largest absolute Gasteiger partial charge is 0.507 e. The molecule has 2 aromatic carbocycles. The van der Waals surface area contributed by atoms with Crippen molar-refractivity contribution < 1.29 is 19.8 Å². The highest BCUT2D eigenvalue weighted by molar-refractivity contribution is 6.08. The predicted octanol–water partition coefficient (Wildman–Crippen LogP) is 1.86.